The molecule has 0 amide bonds. The summed E-state index contributed by atoms with van der Waals surface area (Å²) in [5.74, 6) is -0.613. The Balaban J connectivity index is 1.93. The van der Waals surface area contributed by atoms with E-state index in [4.69, 9.17) is 14.6 Å². The number of halogens is 2. The van der Waals surface area contributed by atoms with E-state index in [1.165, 1.54) is 12.1 Å². The smallest absolute Gasteiger partial charge is 0.335 e. The molecule has 0 radical (unpaired) electrons. The second kappa shape index (κ2) is 10.6. The predicted molar refractivity (Wildman–Crippen MR) is 123 cm³/mol. The summed E-state index contributed by atoms with van der Waals surface area (Å²) in [6.45, 7) is 2.34. The first kappa shape index (κ1) is 23.0. The van der Waals surface area contributed by atoms with Gasteiger partial charge in [0.2, 0.25) is 0 Å². The summed E-state index contributed by atoms with van der Waals surface area (Å²) in [7, 11) is 0. The molecule has 0 heterocycles. The molecule has 1 N–H and O–H groups in total. The third-order valence-electron chi connectivity index (χ3n) is 4.48. The van der Waals surface area contributed by atoms with E-state index >= 15 is 0 Å². The molecule has 162 valence electrons. The third-order valence-corrected chi connectivity index (χ3v) is 5.07. The van der Waals surface area contributed by atoms with Gasteiger partial charge >= 0.3 is 5.97 Å². The maximum Gasteiger partial charge on any atom is 0.335 e. The van der Waals surface area contributed by atoms with Gasteiger partial charge in [-0.15, -0.1) is 0 Å². The van der Waals surface area contributed by atoms with Crippen molar-refractivity contribution in [1.29, 1.82) is 5.26 Å². The van der Waals surface area contributed by atoms with Crippen LogP contribution < -0.4 is 9.47 Å². The minimum Gasteiger partial charge on any atom is -0.490 e. The summed E-state index contributed by atoms with van der Waals surface area (Å²) >= 11 is 3.48. The van der Waals surface area contributed by atoms with Crippen molar-refractivity contribution in [3.63, 3.8) is 0 Å². The summed E-state index contributed by atoms with van der Waals surface area (Å²) in [5, 5.41) is 18.7. The van der Waals surface area contributed by atoms with Crippen LogP contribution in [0.1, 0.15) is 34.0 Å². The highest BCUT2D eigenvalue weighted by atomic mass is 79.9. The van der Waals surface area contributed by atoms with E-state index in [0.29, 0.717) is 33.7 Å². The number of aromatic carboxylic acids is 1. The first-order valence-electron chi connectivity index (χ1n) is 9.71. The van der Waals surface area contributed by atoms with Gasteiger partial charge in [-0.05, 0) is 70.4 Å². The normalized spacial score (nSPS) is 11.0. The van der Waals surface area contributed by atoms with Gasteiger partial charge in [-0.1, -0.05) is 30.3 Å². The van der Waals surface area contributed by atoms with Crippen molar-refractivity contribution in [2.24, 2.45) is 0 Å². The number of carboxylic acids is 1. The van der Waals surface area contributed by atoms with E-state index < -0.39 is 11.8 Å². The number of ether oxygens (including phenoxy) is 2. The summed E-state index contributed by atoms with van der Waals surface area (Å²) < 4.78 is 26.3. The second-order valence-corrected chi connectivity index (χ2v) is 7.56. The van der Waals surface area contributed by atoms with Crippen molar-refractivity contribution in [1.82, 2.24) is 0 Å². The largest absolute Gasteiger partial charge is 0.490 e. The molecule has 0 atom stereocenters. The highest BCUT2D eigenvalue weighted by Gasteiger charge is 2.14. The number of nitriles is 1. The average molecular weight is 496 g/mol. The molecule has 0 aliphatic rings. The van der Waals surface area contributed by atoms with E-state index in [1.54, 1.807) is 54.6 Å². The minimum absolute atomic E-state index is 0.133. The molecule has 0 spiro atoms. The van der Waals surface area contributed by atoms with E-state index in [0.717, 1.165) is 0 Å². The lowest BCUT2D eigenvalue weighted by atomic mass is 10.0. The maximum atomic E-state index is 14.1. The zero-order valence-electron chi connectivity index (χ0n) is 17.1. The number of carbonyl (C=O) groups is 1. The molecule has 0 aliphatic carbocycles. The highest BCUT2D eigenvalue weighted by molar-refractivity contribution is 9.10. The number of nitrogens with zero attached hydrogens (tertiary/aromatic N) is 1. The Morgan fingerprint density at radius 1 is 1.16 bits per heavy atom. The van der Waals surface area contributed by atoms with Crippen molar-refractivity contribution in [2.75, 3.05) is 6.61 Å². The first-order chi connectivity index (χ1) is 15.4. The zero-order valence-corrected chi connectivity index (χ0v) is 18.7. The van der Waals surface area contributed by atoms with Gasteiger partial charge < -0.3 is 14.6 Å². The Morgan fingerprint density at radius 2 is 1.94 bits per heavy atom. The Morgan fingerprint density at radius 3 is 2.62 bits per heavy atom. The van der Waals surface area contributed by atoms with Crippen molar-refractivity contribution in [2.45, 2.75) is 13.5 Å². The maximum absolute atomic E-state index is 14.1. The third kappa shape index (κ3) is 5.54. The molecule has 3 rings (SSSR count). The van der Waals surface area contributed by atoms with Crippen LogP contribution in [-0.4, -0.2) is 17.7 Å². The SMILES string of the molecule is CCOc1cc(/C=C(/C#N)c2ccccc2F)cc(Br)c1OCc1cccc(C(=O)O)c1. The number of hydrogen-bond donors (Lipinski definition) is 1. The van der Waals surface area contributed by atoms with Gasteiger partial charge in [-0.25, -0.2) is 9.18 Å². The molecule has 0 aromatic heterocycles. The standard InChI is InChI=1S/C25H19BrFNO4/c1-2-31-23-13-17(11-19(14-28)20-8-3-4-9-22(20)27)12-21(26)24(23)32-15-16-6-5-7-18(10-16)25(29)30/h3-13H,2,15H2,1H3,(H,29,30)/b19-11-. The van der Waals surface area contributed by atoms with Crippen LogP contribution in [0.25, 0.3) is 11.6 Å². The molecule has 0 saturated carbocycles. The quantitative estimate of drug-likeness (QED) is 0.291. The van der Waals surface area contributed by atoms with Crippen LogP contribution in [0, 0.1) is 17.1 Å². The Hall–Kier alpha value is -3.63. The first-order valence-corrected chi connectivity index (χ1v) is 10.5. The molecule has 5 nitrogen and oxygen atoms in total. The van der Waals surface area contributed by atoms with Crippen LogP contribution in [0.5, 0.6) is 11.5 Å². The molecule has 32 heavy (non-hydrogen) atoms. The lowest BCUT2D eigenvalue weighted by molar-refractivity contribution is 0.0696. The van der Waals surface area contributed by atoms with E-state index in [2.05, 4.69) is 15.9 Å². The number of rotatable bonds is 8. The second-order valence-electron chi connectivity index (χ2n) is 6.71. The molecule has 0 saturated heterocycles. The van der Waals surface area contributed by atoms with Gasteiger partial charge in [0.05, 0.1) is 28.3 Å². The molecular weight excluding hydrogens is 477 g/mol. The van der Waals surface area contributed by atoms with E-state index in [1.807, 2.05) is 13.0 Å². The summed E-state index contributed by atoms with van der Waals surface area (Å²) in [6, 6.07) is 18.0. The summed E-state index contributed by atoms with van der Waals surface area (Å²) in [4.78, 5) is 11.2. The van der Waals surface area contributed by atoms with Crippen LogP contribution in [0.4, 0.5) is 4.39 Å². The summed E-state index contributed by atoms with van der Waals surface area (Å²) in [6.07, 6.45) is 1.58. The van der Waals surface area contributed by atoms with Gasteiger partial charge in [0, 0.05) is 5.56 Å². The number of allylic oxidation sites excluding steroid dienone is 1. The number of benzene rings is 3. The molecule has 0 fully saturated rings. The van der Waals surface area contributed by atoms with Gasteiger partial charge in [-0.2, -0.15) is 5.26 Å². The zero-order chi connectivity index (χ0) is 23.1. The van der Waals surface area contributed by atoms with E-state index in [9.17, 15) is 14.4 Å². The Kier molecular flexibility index (Phi) is 7.63. The van der Waals surface area contributed by atoms with Crippen molar-refractivity contribution >= 4 is 33.5 Å². The van der Waals surface area contributed by atoms with Crippen molar-refractivity contribution in [3.8, 4) is 17.6 Å². The molecule has 3 aromatic carbocycles. The van der Waals surface area contributed by atoms with Crippen molar-refractivity contribution < 1.29 is 23.8 Å². The Bertz CT molecular complexity index is 1220. The molecule has 0 bridgehead atoms. The lowest BCUT2D eigenvalue weighted by Gasteiger charge is -2.15. The van der Waals surface area contributed by atoms with E-state index in [-0.39, 0.29) is 23.3 Å². The fourth-order valence-electron chi connectivity index (χ4n) is 3.04. The van der Waals surface area contributed by atoms with Gasteiger partial charge in [-0.3, -0.25) is 0 Å². The highest BCUT2D eigenvalue weighted by Crippen LogP contribution is 2.38. The molecule has 3 aromatic rings. The molecule has 7 heteroatoms. The minimum atomic E-state index is -1.01. The van der Waals surface area contributed by atoms with Crippen LogP contribution in [0.3, 0.4) is 0 Å². The predicted octanol–water partition coefficient (Wildman–Crippen LogP) is 6.33. The molecule has 0 aliphatic heterocycles. The average Bonchev–Trinajstić information content (AvgIpc) is 2.78. The molecule has 0 unspecified atom stereocenters. The number of hydrogen-bond acceptors (Lipinski definition) is 4. The monoisotopic (exact) mass is 495 g/mol. The topological polar surface area (TPSA) is 79.5 Å². The van der Waals surface area contributed by atoms with Crippen LogP contribution >= 0.6 is 15.9 Å². The number of carboxylic acid groups (broad SMARTS) is 1. The molecular formula is C25H19BrFNO4. The van der Waals surface area contributed by atoms with Crippen LogP contribution in [0.15, 0.2) is 65.1 Å². The fraction of sp³-hybridized carbons (Fsp3) is 0.120. The van der Waals surface area contributed by atoms with Gasteiger partial charge in [0.25, 0.3) is 0 Å². The Labute approximate surface area is 193 Å². The van der Waals surface area contributed by atoms with Crippen LogP contribution in [0.2, 0.25) is 0 Å². The fourth-order valence-corrected chi connectivity index (χ4v) is 3.61. The lowest BCUT2D eigenvalue weighted by Crippen LogP contribution is -2.03. The van der Waals surface area contributed by atoms with Crippen molar-refractivity contribution in [3.05, 3.63) is 93.2 Å². The summed E-state index contributed by atoms with van der Waals surface area (Å²) in [5.41, 5.74) is 1.88. The van der Waals surface area contributed by atoms with Crippen LogP contribution in [-0.2, 0) is 6.61 Å². The van der Waals surface area contributed by atoms with Gasteiger partial charge in [0.1, 0.15) is 12.4 Å². The van der Waals surface area contributed by atoms with Gasteiger partial charge in [0.15, 0.2) is 11.5 Å².